The highest BCUT2D eigenvalue weighted by Gasteiger charge is 2.27. The highest BCUT2D eigenvalue weighted by Crippen LogP contribution is 2.28. The van der Waals surface area contributed by atoms with E-state index < -0.39 is 0 Å². The quantitative estimate of drug-likeness (QED) is 0.924. The van der Waals surface area contributed by atoms with Crippen LogP contribution in [-0.2, 0) is 0 Å². The minimum absolute atomic E-state index is 0.125. The minimum atomic E-state index is -0.269. The number of rotatable bonds is 3. The van der Waals surface area contributed by atoms with Crippen molar-refractivity contribution in [3.05, 3.63) is 28.5 Å². The maximum atomic E-state index is 13.1. The van der Waals surface area contributed by atoms with Crippen molar-refractivity contribution in [3.8, 4) is 5.75 Å². The molecule has 0 radical (unpaired) electrons. The normalized spacial score (nSPS) is 24.3. The molecule has 2 rings (SSSR count). The third kappa shape index (κ3) is 3.19. The predicted octanol–water partition coefficient (Wildman–Crippen LogP) is 3.35. The second-order valence-corrected chi connectivity index (χ2v) is 5.66. The molecule has 1 N–H and O–H groups in total. The van der Waals surface area contributed by atoms with Gasteiger partial charge in [0.2, 0.25) is 0 Å². The van der Waals surface area contributed by atoms with Gasteiger partial charge in [0, 0.05) is 25.1 Å². The summed E-state index contributed by atoms with van der Waals surface area (Å²) in [7, 11) is 0. The second-order valence-electron chi connectivity index (χ2n) is 4.81. The number of benzene rings is 1. The number of hydrogen-bond acceptors (Lipinski definition) is 2. The first-order valence-electron chi connectivity index (χ1n) is 5.91. The first-order chi connectivity index (χ1) is 8.06. The van der Waals surface area contributed by atoms with Crippen molar-refractivity contribution in [1.82, 2.24) is 5.32 Å². The summed E-state index contributed by atoms with van der Waals surface area (Å²) in [5.74, 6) is 0.912. The SMILES string of the molecule is CC(C)C1CC(Oc2cc(F)ccc2Br)CN1. The van der Waals surface area contributed by atoms with Crippen molar-refractivity contribution < 1.29 is 9.13 Å². The van der Waals surface area contributed by atoms with Crippen molar-refractivity contribution >= 4 is 15.9 Å². The number of hydrogen-bond donors (Lipinski definition) is 1. The molecule has 0 saturated carbocycles. The smallest absolute Gasteiger partial charge is 0.136 e. The second kappa shape index (κ2) is 5.36. The molecule has 1 aliphatic heterocycles. The standard InChI is InChI=1S/C13H17BrFNO/c1-8(2)12-6-10(7-16-12)17-13-5-9(15)3-4-11(13)14/h3-5,8,10,12,16H,6-7H2,1-2H3. The topological polar surface area (TPSA) is 21.3 Å². The average molecular weight is 302 g/mol. The number of halogens is 2. The molecule has 0 bridgehead atoms. The van der Waals surface area contributed by atoms with Gasteiger partial charge in [0.15, 0.2) is 0 Å². The van der Waals surface area contributed by atoms with Crippen LogP contribution in [0.2, 0.25) is 0 Å². The minimum Gasteiger partial charge on any atom is -0.488 e. The van der Waals surface area contributed by atoms with Gasteiger partial charge in [-0.15, -0.1) is 0 Å². The van der Waals surface area contributed by atoms with Crippen LogP contribution in [0.25, 0.3) is 0 Å². The lowest BCUT2D eigenvalue weighted by Crippen LogP contribution is -2.26. The van der Waals surface area contributed by atoms with Crippen LogP contribution in [0.5, 0.6) is 5.75 Å². The molecule has 1 fully saturated rings. The molecular formula is C13H17BrFNO. The summed E-state index contributed by atoms with van der Waals surface area (Å²) < 4.78 is 19.7. The van der Waals surface area contributed by atoms with Gasteiger partial charge in [0.1, 0.15) is 17.7 Å². The molecule has 2 nitrogen and oxygen atoms in total. The third-order valence-corrected chi connectivity index (χ3v) is 3.77. The Labute approximate surface area is 110 Å². The van der Waals surface area contributed by atoms with Gasteiger partial charge < -0.3 is 10.1 Å². The van der Waals surface area contributed by atoms with E-state index in [4.69, 9.17) is 4.74 Å². The van der Waals surface area contributed by atoms with E-state index in [1.54, 1.807) is 6.07 Å². The summed E-state index contributed by atoms with van der Waals surface area (Å²) in [5.41, 5.74) is 0. The van der Waals surface area contributed by atoms with Crippen LogP contribution in [0.1, 0.15) is 20.3 Å². The molecule has 0 spiro atoms. The zero-order valence-electron chi connectivity index (χ0n) is 10.0. The zero-order chi connectivity index (χ0) is 12.4. The number of ether oxygens (including phenoxy) is 1. The molecule has 1 aromatic carbocycles. The Kier molecular flexibility index (Phi) is 4.05. The molecule has 1 heterocycles. The van der Waals surface area contributed by atoms with Gasteiger partial charge in [-0.2, -0.15) is 0 Å². The predicted molar refractivity (Wildman–Crippen MR) is 69.8 cm³/mol. The molecule has 4 heteroatoms. The fourth-order valence-electron chi connectivity index (χ4n) is 2.08. The van der Waals surface area contributed by atoms with Crippen LogP contribution < -0.4 is 10.1 Å². The van der Waals surface area contributed by atoms with Crippen molar-refractivity contribution in [3.63, 3.8) is 0 Å². The lowest BCUT2D eigenvalue weighted by molar-refractivity contribution is 0.214. The number of nitrogens with one attached hydrogen (secondary N) is 1. The van der Waals surface area contributed by atoms with E-state index in [0.717, 1.165) is 17.4 Å². The van der Waals surface area contributed by atoms with E-state index in [1.807, 2.05) is 0 Å². The highest BCUT2D eigenvalue weighted by molar-refractivity contribution is 9.10. The molecule has 2 atom stereocenters. The summed E-state index contributed by atoms with van der Waals surface area (Å²) in [6.45, 7) is 5.21. The molecule has 0 aromatic heterocycles. The van der Waals surface area contributed by atoms with Gasteiger partial charge in [0.05, 0.1) is 4.47 Å². The van der Waals surface area contributed by atoms with E-state index in [2.05, 4.69) is 35.1 Å². The average Bonchev–Trinajstić information content (AvgIpc) is 2.72. The molecule has 0 amide bonds. The molecule has 94 valence electrons. The maximum absolute atomic E-state index is 13.1. The lowest BCUT2D eigenvalue weighted by atomic mass is 10.0. The van der Waals surface area contributed by atoms with Crippen molar-refractivity contribution in [2.45, 2.75) is 32.4 Å². The molecule has 0 aliphatic carbocycles. The Morgan fingerprint density at radius 2 is 2.24 bits per heavy atom. The van der Waals surface area contributed by atoms with Crippen molar-refractivity contribution in [2.24, 2.45) is 5.92 Å². The Balaban J connectivity index is 2.00. The fourth-order valence-corrected chi connectivity index (χ4v) is 2.42. The Morgan fingerprint density at radius 1 is 1.47 bits per heavy atom. The first-order valence-corrected chi connectivity index (χ1v) is 6.70. The molecule has 1 saturated heterocycles. The Bertz CT molecular complexity index is 397. The summed E-state index contributed by atoms with van der Waals surface area (Å²) >= 11 is 3.37. The zero-order valence-corrected chi connectivity index (χ0v) is 11.6. The molecular weight excluding hydrogens is 285 g/mol. The molecule has 17 heavy (non-hydrogen) atoms. The van der Waals surface area contributed by atoms with Crippen LogP contribution in [0.15, 0.2) is 22.7 Å². The van der Waals surface area contributed by atoms with Crippen molar-refractivity contribution in [1.29, 1.82) is 0 Å². The van der Waals surface area contributed by atoms with Crippen molar-refractivity contribution in [2.75, 3.05) is 6.54 Å². The highest BCUT2D eigenvalue weighted by atomic mass is 79.9. The van der Waals surface area contributed by atoms with Gasteiger partial charge >= 0.3 is 0 Å². The first kappa shape index (κ1) is 12.8. The summed E-state index contributed by atoms with van der Waals surface area (Å²) in [6.07, 6.45) is 1.10. The van der Waals surface area contributed by atoms with Gasteiger partial charge in [-0.05, 0) is 34.0 Å². The van der Waals surface area contributed by atoms with Crippen LogP contribution in [-0.4, -0.2) is 18.7 Å². The largest absolute Gasteiger partial charge is 0.488 e. The van der Waals surface area contributed by atoms with E-state index >= 15 is 0 Å². The van der Waals surface area contributed by atoms with Gasteiger partial charge in [-0.3, -0.25) is 0 Å². The lowest BCUT2D eigenvalue weighted by Gasteiger charge is -2.16. The van der Waals surface area contributed by atoms with E-state index in [-0.39, 0.29) is 11.9 Å². The maximum Gasteiger partial charge on any atom is 0.136 e. The van der Waals surface area contributed by atoms with E-state index in [0.29, 0.717) is 17.7 Å². The van der Waals surface area contributed by atoms with Crippen LogP contribution in [0.4, 0.5) is 4.39 Å². The fraction of sp³-hybridized carbons (Fsp3) is 0.538. The molecule has 2 unspecified atom stereocenters. The Hall–Kier alpha value is -0.610. The molecule has 1 aliphatic rings. The van der Waals surface area contributed by atoms with Gasteiger partial charge in [-0.1, -0.05) is 13.8 Å². The Morgan fingerprint density at radius 3 is 2.88 bits per heavy atom. The summed E-state index contributed by atoms with van der Waals surface area (Å²) in [6, 6.07) is 5.01. The van der Waals surface area contributed by atoms with Crippen LogP contribution in [0, 0.1) is 11.7 Å². The third-order valence-electron chi connectivity index (χ3n) is 3.12. The van der Waals surface area contributed by atoms with E-state index in [9.17, 15) is 4.39 Å². The van der Waals surface area contributed by atoms with Gasteiger partial charge in [0.25, 0.3) is 0 Å². The molecule has 1 aromatic rings. The van der Waals surface area contributed by atoms with Gasteiger partial charge in [-0.25, -0.2) is 4.39 Å². The monoisotopic (exact) mass is 301 g/mol. The van der Waals surface area contributed by atoms with Crippen LogP contribution in [0.3, 0.4) is 0 Å². The van der Waals surface area contributed by atoms with Crippen LogP contribution >= 0.6 is 15.9 Å². The van der Waals surface area contributed by atoms with E-state index in [1.165, 1.54) is 12.1 Å². The summed E-state index contributed by atoms with van der Waals surface area (Å²) in [5, 5.41) is 3.43. The summed E-state index contributed by atoms with van der Waals surface area (Å²) in [4.78, 5) is 0.